The van der Waals surface area contributed by atoms with Gasteiger partial charge in [0.25, 0.3) is 11.8 Å². The number of carbonyl (C=O) groups is 2. The fourth-order valence-corrected chi connectivity index (χ4v) is 3.24. The predicted molar refractivity (Wildman–Crippen MR) is 100 cm³/mol. The zero-order valence-corrected chi connectivity index (χ0v) is 15.3. The van der Waals surface area contributed by atoms with Crippen LogP contribution in [0.4, 0.5) is 8.78 Å². The molecule has 1 aromatic heterocycles. The molecule has 4 rings (SSSR count). The molecule has 1 aliphatic heterocycles. The van der Waals surface area contributed by atoms with Gasteiger partial charge in [0.2, 0.25) is 5.76 Å². The van der Waals surface area contributed by atoms with E-state index in [-0.39, 0.29) is 34.4 Å². The van der Waals surface area contributed by atoms with Crippen molar-refractivity contribution >= 4 is 11.8 Å². The van der Waals surface area contributed by atoms with Crippen molar-refractivity contribution in [3.05, 3.63) is 77.6 Å². The van der Waals surface area contributed by atoms with Crippen LogP contribution in [0.1, 0.15) is 20.9 Å². The minimum absolute atomic E-state index is 0.00756. The molecule has 148 valence electrons. The molecule has 0 aliphatic carbocycles. The number of benzene rings is 2. The summed E-state index contributed by atoms with van der Waals surface area (Å²) in [6.45, 7) is 1.23. The maximum absolute atomic E-state index is 13.9. The molecule has 0 atom stereocenters. The number of amides is 2. The third kappa shape index (κ3) is 3.87. The molecule has 8 heteroatoms. The summed E-state index contributed by atoms with van der Waals surface area (Å²) in [6.07, 6.45) is 0. The number of aromatic nitrogens is 1. The standard InChI is InChI=1S/C21H17F2N3O3/c22-15-5-3-4-14(12-15)20(27)25-8-10-26(11-9-25)21(28)19-13-18(24-29-19)16-6-1-2-7-17(16)23/h1-7,12-13H,8-11H2. The van der Waals surface area contributed by atoms with E-state index in [4.69, 9.17) is 4.52 Å². The summed E-state index contributed by atoms with van der Waals surface area (Å²) in [4.78, 5) is 28.3. The van der Waals surface area contributed by atoms with Gasteiger partial charge in [-0.3, -0.25) is 9.59 Å². The van der Waals surface area contributed by atoms with Crippen LogP contribution >= 0.6 is 0 Å². The molecule has 29 heavy (non-hydrogen) atoms. The Morgan fingerprint density at radius 2 is 1.55 bits per heavy atom. The lowest BCUT2D eigenvalue weighted by Gasteiger charge is -2.34. The maximum Gasteiger partial charge on any atom is 0.292 e. The van der Waals surface area contributed by atoms with Crippen LogP contribution in [0.25, 0.3) is 11.3 Å². The Morgan fingerprint density at radius 3 is 2.24 bits per heavy atom. The Kier molecular flexibility index (Phi) is 5.07. The van der Waals surface area contributed by atoms with Gasteiger partial charge in [-0.15, -0.1) is 0 Å². The molecule has 2 heterocycles. The van der Waals surface area contributed by atoms with E-state index in [0.29, 0.717) is 26.2 Å². The number of rotatable bonds is 3. The summed E-state index contributed by atoms with van der Waals surface area (Å²) in [6, 6.07) is 13.0. The first kappa shape index (κ1) is 18.8. The number of nitrogens with zero attached hydrogens (tertiary/aromatic N) is 3. The van der Waals surface area contributed by atoms with Gasteiger partial charge in [-0.05, 0) is 30.3 Å². The van der Waals surface area contributed by atoms with Gasteiger partial charge in [-0.25, -0.2) is 8.78 Å². The Bertz CT molecular complexity index is 1060. The highest BCUT2D eigenvalue weighted by Gasteiger charge is 2.28. The first-order valence-electron chi connectivity index (χ1n) is 9.08. The summed E-state index contributed by atoms with van der Waals surface area (Å²) in [5.41, 5.74) is 0.765. The van der Waals surface area contributed by atoms with E-state index in [1.807, 2.05) is 0 Å². The van der Waals surface area contributed by atoms with Crippen molar-refractivity contribution in [2.24, 2.45) is 0 Å². The van der Waals surface area contributed by atoms with Gasteiger partial charge in [0.1, 0.15) is 17.3 Å². The lowest BCUT2D eigenvalue weighted by atomic mass is 10.1. The molecule has 0 spiro atoms. The predicted octanol–water partition coefficient (Wildman–Crippen LogP) is 3.22. The van der Waals surface area contributed by atoms with Gasteiger partial charge in [-0.2, -0.15) is 0 Å². The van der Waals surface area contributed by atoms with E-state index in [9.17, 15) is 18.4 Å². The molecule has 0 radical (unpaired) electrons. The average Bonchev–Trinajstić information content (AvgIpc) is 3.23. The molecule has 0 bridgehead atoms. The highest BCUT2D eigenvalue weighted by atomic mass is 19.1. The number of hydrogen-bond donors (Lipinski definition) is 0. The summed E-state index contributed by atoms with van der Waals surface area (Å²) >= 11 is 0. The van der Waals surface area contributed by atoms with Crippen LogP contribution in [0.3, 0.4) is 0 Å². The van der Waals surface area contributed by atoms with Gasteiger partial charge < -0.3 is 14.3 Å². The SMILES string of the molecule is O=C(c1cccc(F)c1)N1CCN(C(=O)c2cc(-c3ccccc3F)no2)CC1. The Labute approximate surface area is 165 Å². The van der Waals surface area contributed by atoms with Gasteiger partial charge in [-0.1, -0.05) is 23.4 Å². The van der Waals surface area contributed by atoms with Crippen LogP contribution < -0.4 is 0 Å². The fraction of sp³-hybridized carbons (Fsp3) is 0.190. The molecule has 0 saturated carbocycles. The number of piperazine rings is 1. The molecule has 1 saturated heterocycles. The fourth-order valence-electron chi connectivity index (χ4n) is 3.24. The van der Waals surface area contributed by atoms with E-state index in [1.54, 1.807) is 34.1 Å². The molecule has 1 aliphatic rings. The van der Waals surface area contributed by atoms with Crippen LogP contribution in [-0.2, 0) is 0 Å². The lowest BCUT2D eigenvalue weighted by molar-refractivity contribution is 0.0512. The number of carbonyl (C=O) groups excluding carboxylic acids is 2. The van der Waals surface area contributed by atoms with Crippen LogP contribution in [0.5, 0.6) is 0 Å². The summed E-state index contributed by atoms with van der Waals surface area (Å²) in [5.74, 6) is -1.57. The minimum Gasteiger partial charge on any atom is -0.350 e. The smallest absolute Gasteiger partial charge is 0.292 e. The van der Waals surface area contributed by atoms with Crippen molar-refractivity contribution in [1.82, 2.24) is 15.0 Å². The largest absolute Gasteiger partial charge is 0.350 e. The second-order valence-corrected chi connectivity index (χ2v) is 6.65. The molecule has 2 aromatic carbocycles. The number of halogens is 2. The number of hydrogen-bond acceptors (Lipinski definition) is 4. The van der Waals surface area contributed by atoms with Crippen molar-refractivity contribution in [2.75, 3.05) is 26.2 Å². The van der Waals surface area contributed by atoms with Crippen LogP contribution in [0.2, 0.25) is 0 Å². The minimum atomic E-state index is -0.472. The third-order valence-electron chi connectivity index (χ3n) is 4.80. The summed E-state index contributed by atoms with van der Waals surface area (Å²) in [7, 11) is 0. The highest BCUT2D eigenvalue weighted by molar-refractivity contribution is 5.95. The summed E-state index contributed by atoms with van der Waals surface area (Å²) in [5, 5.41) is 3.79. The van der Waals surface area contributed by atoms with Gasteiger partial charge in [0, 0.05) is 43.4 Å². The molecule has 1 fully saturated rings. The Morgan fingerprint density at radius 1 is 0.862 bits per heavy atom. The van der Waals surface area contributed by atoms with Crippen molar-refractivity contribution < 1.29 is 22.9 Å². The van der Waals surface area contributed by atoms with E-state index in [0.717, 1.165) is 0 Å². The van der Waals surface area contributed by atoms with E-state index in [2.05, 4.69) is 5.16 Å². The Balaban J connectivity index is 1.41. The molecule has 0 N–H and O–H groups in total. The van der Waals surface area contributed by atoms with Crippen LogP contribution in [0, 0.1) is 11.6 Å². The zero-order chi connectivity index (χ0) is 20.4. The molecule has 3 aromatic rings. The lowest BCUT2D eigenvalue weighted by Crippen LogP contribution is -2.50. The van der Waals surface area contributed by atoms with Gasteiger partial charge in [0.15, 0.2) is 0 Å². The topological polar surface area (TPSA) is 66.7 Å². The third-order valence-corrected chi connectivity index (χ3v) is 4.80. The monoisotopic (exact) mass is 397 g/mol. The van der Waals surface area contributed by atoms with Crippen LogP contribution in [-0.4, -0.2) is 52.9 Å². The normalized spacial score (nSPS) is 14.1. The van der Waals surface area contributed by atoms with E-state index in [1.165, 1.54) is 30.3 Å². The van der Waals surface area contributed by atoms with Crippen LogP contribution in [0.15, 0.2) is 59.1 Å². The molecule has 6 nitrogen and oxygen atoms in total. The second kappa shape index (κ2) is 7.83. The second-order valence-electron chi connectivity index (χ2n) is 6.65. The first-order chi connectivity index (χ1) is 14.0. The first-order valence-corrected chi connectivity index (χ1v) is 9.08. The van der Waals surface area contributed by atoms with Gasteiger partial charge >= 0.3 is 0 Å². The zero-order valence-electron chi connectivity index (χ0n) is 15.3. The van der Waals surface area contributed by atoms with E-state index < -0.39 is 11.6 Å². The van der Waals surface area contributed by atoms with Gasteiger partial charge in [0.05, 0.1) is 0 Å². The summed E-state index contributed by atoms with van der Waals surface area (Å²) < 4.78 is 32.3. The molecular weight excluding hydrogens is 380 g/mol. The molecule has 2 amide bonds. The maximum atomic E-state index is 13.9. The Hall–Kier alpha value is -3.55. The molecular formula is C21H17F2N3O3. The molecule has 0 unspecified atom stereocenters. The highest BCUT2D eigenvalue weighted by Crippen LogP contribution is 2.23. The van der Waals surface area contributed by atoms with E-state index >= 15 is 0 Å². The van der Waals surface area contributed by atoms with Crippen molar-refractivity contribution in [1.29, 1.82) is 0 Å². The van der Waals surface area contributed by atoms with Crippen molar-refractivity contribution in [2.45, 2.75) is 0 Å². The van der Waals surface area contributed by atoms with Crippen molar-refractivity contribution in [3.8, 4) is 11.3 Å². The van der Waals surface area contributed by atoms with Crippen molar-refractivity contribution in [3.63, 3.8) is 0 Å². The quantitative estimate of drug-likeness (QED) is 0.681. The average molecular weight is 397 g/mol.